The molecule has 16 heavy (non-hydrogen) atoms. The highest BCUT2D eigenvalue weighted by Crippen LogP contribution is 2.38. The van der Waals surface area contributed by atoms with Gasteiger partial charge in [-0.25, -0.2) is 4.57 Å². The highest BCUT2D eigenvalue weighted by Gasteiger charge is 2.18. The molecule has 0 aliphatic heterocycles. The van der Waals surface area contributed by atoms with Gasteiger partial charge in [-0.15, -0.1) is 12.6 Å². The van der Waals surface area contributed by atoms with Gasteiger partial charge in [0.15, 0.2) is 0 Å². The van der Waals surface area contributed by atoms with Gasteiger partial charge in [-0.3, -0.25) is 4.52 Å². The molecule has 1 unspecified atom stereocenters. The molecule has 0 aromatic heterocycles. The van der Waals surface area contributed by atoms with Gasteiger partial charge in [0.05, 0.1) is 0 Å². The normalized spacial score (nSPS) is 11.8. The summed E-state index contributed by atoms with van der Waals surface area (Å²) < 4.78 is 14.6. The molecule has 0 aromatic rings. The Hall–Kier alpha value is 0.260. The van der Waals surface area contributed by atoms with Gasteiger partial charge in [-0.1, -0.05) is 0 Å². The summed E-state index contributed by atoms with van der Waals surface area (Å²) in [5.41, 5.74) is 4.43. The van der Waals surface area contributed by atoms with E-state index in [0.29, 0.717) is 13.1 Å². The number of phosphoric acid groups is 1. The Morgan fingerprint density at radius 2 is 1.88 bits per heavy atom. The Morgan fingerprint density at radius 1 is 1.38 bits per heavy atom. The Kier molecular flexibility index (Phi) is 21.0. The van der Waals surface area contributed by atoms with Gasteiger partial charge in [-0.2, -0.15) is 0 Å². The average molecular weight is 284 g/mol. The minimum atomic E-state index is -4.42. The fourth-order valence-corrected chi connectivity index (χ4v) is 1.54. The molecular formula is C5H21N2O7PS. The Morgan fingerprint density at radius 3 is 2.25 bits per heavy atom. The molecule has 0 aromatic carbocycles. The first-order valence-corrected chi connectivity index (χ1v) is 5.83. The van der Waals surface area contributed by atoms with E-state index in [1.54, 1.807) is 0 Å². The van der Waals surface area contributed by atoms with Gasteiger partial charge in [-0.05, 0) is 19.5 Å². The first-order valence-electron chi connectivity index (χ1n) is 3.78. The number of phosphoric ester groups is 1. The number of hydrogen-bond donors (Lipinski definition) is 5. The van der Waals surface area contributed by atoms with Gasteiger partial charge >= 0.3 is 7.82 Å². The molecule has 11 heteroatoms. The van der Waals surface area contributed by atoms with Crippen LogP contribution in [0.4, 0.5) is 0 Å². The highest BCUT2D eigenvalue weighted by atomic mass is 32.1. The van der Waals surface area contributed by atoms with Gasteiger partial charge in [0.1, 0.15) is 5.44 Å². The van der Waals surface area contributed by atoms with E-state index in [2.05, 4.69) is 22.5 Å². The summed E-state index contributed by atoms with van der Waals surface area (Å²) in [4.78, 5) is 16.8. The van der Waals surface area contributed by atoms with Gasteiger partial charge in [0.25, 0.3) is 0 Å². The van der Waals surface area contributed by atoms with Crippen LogP contribution in [0.3, 0.4) is 0 Å². The predicted molar refractivity (Wildman–Crippen MR) is 63.3 cm³/mol. The molecule has 0 fully saturated rings. The molecule has 0 spiro atoms. The summed E-state index contributed by atoms with van der Waals surface area (Å²) in [7, 11) is -4.42. The molecule has 0 aliphatic carbocycles. The van der Waals surface area contributed by atoms with Crippen molar-refractivity contribution in [2.75, 3.05) is 19.6 Å². The fraction of sp³-hybridized carbons (Fsp3) is 1.00. The molecule has 9 nitrogen and oxygen atoms in total. The number of hydrogen-bond acceptors (Lipinski definition) is 5. The second-order valence-electron chi connectivity index (χ2n) is 2.40. The molecule has 0 bridgehead atoms. The predicted octanol–water partition coefficient (Wildman–Crippen LogP) is -3.18. The van der Waals surface area contributed by atoms with E-state index in [1.165, 1.54) is 0 Å². The Balaban J connectivity index is -0.000000240. The first kappa shape index (κ1) is 25.2. The van der Waals surface area contributed by atoms with Crippen molar-refractivity contribution in [1.82, 2.24) is 5.32 Å². The van der Waals surface area contributed by atoms with Crippen molar-refractivity contribution in [2.24, 2.45) is 5.73 Å². The highest BCUT2D eigenvalue weighted by molar-refractivity contribution is 7.81. The van der Waals surface area contributed by atoms with Gasteiger partial charge < -0.3 is 37.3 Å². The van der Waals surface area contributed by atoms with Crippen molar-refractivity contribution in [3.63, 3.8) is 0 Å². The van der Waals surface area contributed by atoms with Gasteiger partial charge in [0.2, 0.25) is 0 Å². The second kappa shape index (κ2) is 13.3. The lowest BCUT2D eigenvalue weighted by molar-refractivity contribution is 0.181. The van der Waals surface area contributed by atoms with E-state index in [4.69, 9.17) is 15.5 Å². The van der Waals surface area contributed by atoms with Crippen molar-refractivity contribution in [2.45, 2.75) is 11.9 Å². The molecule has 0 rings (SSSR count). The summed E-state index contributed by atoms with van der Waals surface area (Å²) in [5.74, 6) is 0. The van der Waals surface area contributed by atoms with E-state index in [9.17, 15) is 4.57 Å². The third kappa shape index (κ3) is 19.8. The van der Waals surface area contributed by atoms with Crippen LogP contribution in [0.2, 0.25) is 0 Å². The maximum absolute atomic E-state index is 10.3. The summed E-state index contributed by atoms with van der Waals surface area (Å²) in [5, 5.41) is 2.88. The smallest absolute Gasteiger partial charge is 0.412 e. The van der Waals surface area contributed by atoms with Crippen LogP contribution in [-0.2, 0) is 9.09 Å². The van der Waals surface area contributed by atoms with Crippen LogP contribution in [-0.4, -0.2) is 51.3 Å². The zero-order chi connectivity index (χ0) is 10.3. The third-order valence-electron chi connectivity index (χ3n) is 1.14. The van der Waals surface area contributed by atoms with E-state index in [1.807, 2.05) is 0 Å². The summed E-state index contributed by atoms with van der Waals surface area (Å²) in [6.45, 7) is 1.52. The maximum Gasteiger partial charge on any atom is 0.470 e. The van der Waals surface area contributed by atoms with Crippen molar-refractivity contribution in [3.05, 3.63) is 0 Å². The van der Waals surface area contributed by atoms with Crippen LogP contribution in [0.5, 0.6) is 0 Å². The number of nitrogens with two attached hydrogens (primary N) is 1. The van der Waals surface area contributed by atoms with Crippen molar-refractivity contribution < 1.29 is 35.3 Å². The fourth-order valence-electron chi connectivity index (χ4n) is 0.648. The van der Waals surface area contributed by atoms with Crippen molar-refractivity contribution >= 4 is 20.5 Å². The SMILES string of the molecule is NCCCNCC(S)OP(=O)(O)O.O.O.O. The summed E-state index contributed by atoms with van der Waals surface area (Å²) in [6, 6.07) is 0. The molecule has 0 aliphatic rings. The van der Waals surface area contributed by atoms with Crippen LogP contribution in [0.25, 0.3) is 0 Å². The third-order valence-corrected chi connectivity index (χ3v) is 2.12. The van der Waals surface area contributed by atoms with E-state index in [-0.39, 0.29) is 23.0 Å². The lowest BCUT2D eigenvalue weighted by atomic mass is 10.4. The Labute approximate surface area is 98.9 Å². The quantitative estimate of drug-likeness (QED) is 0.141. The summed E-state index contributed by atoms with van der Waals surface area (Å²) >= 11 is 3.82. The summed E-state index contributed by atoms with van der Waals surface area (Å²) in [6.07, 6.45) is 0.802. The van der Waals surface area contributed by atoms with E-state index < -0.39 is 13.3 Å². The number of rotatable bonds is 7. The topological polar surface area (TPSA) is 199 Å². The van der Waals surface area contributed by atoms with E-state index >= 15 is 0 Å². The molecule has 0 radical (unpaired) electrons. The molecule has 11 N–H and O–H groups in total. The molecular weight excluding hydrogens is 263 g/mol. The molecule has 0 amide bonds. The van der Waals surface area contributed by atoms with Gasteiger partial charge in [0, 0.05) is 6.54 Å². The van der Waals surface area contributed by atoms with Crippen LogP contribution in [0.15, 0.2) is 0 Å². The van der Waals surface area contributed by atoms with Crippen molar-refractivity contribution in [1.29, 1.82) is 0 Å². The molecule has 0 saturated heterocycles. The minimum Gasteiger partial charge on any atom is -0.412 e. The molecule has 0 heterocycles. The van der Waals surface area contributed by atoms with Crippen molar-refractivity contribution in [3.8, 4) is 0 Å². The van der Waals surface area contributed by atoms with Crippen LogP contribution >= 0.6 is 20.5 Å². The maximum atomic E-state index is 10.3. The number of thiol groups is 1. The lowest BCUT2D eigenvalue weighted by Crippen LogP contribution is -2.26. The standard InChI is InChI=1S/C5H15N2O4PS.3H2O/c6-2-1-3-7-4-5(13)11-12(8,9)10;;;/h5,7,13H,1-4,6H2,(H2,8,9,10);3*1H2. The molecule has 104 valence electrons. The van der Waals surface area contributed by atoms with Crippen LogP contribution < -0.4 is 11.1 Å². The second-order valence-corrected chi connectivity index (χ2v) is 4.16. The zero-order valence-electron chi connectivity index (χ0n) is 8.59. The van der Waals surface area contributed by atoms with Crippen LogP contribution in [0.1, 0.15) is 6.42 Å². The monoisotopic (exact) mass is 284 g/mol. The zero-order valence-corrected chi connectivity index (χ0v) is 10.4. The molecule has 0 saturated carbocycles. The lowest BCUT2D eigenvalue weighted by Gasteiger charge is -2.13. The van der Waals surface area contributed by atoms with Crippen LogP contribution in [0, 0.1) is 0 Å². The van der Waals surface area contributed by atoms with E-state index in [0.717, 1.165) is 6.42 Å². The first-order chi connectivity index (χ1) is 5.95. The Bertz CT molecular complexity index is 180. The minimum absolute atomic E-state index is 0. The molecule has 1 atom stereocenters. The number of nitrogens with one attached hydrogen (secondary N) is 1. The average Bonchev–Trinajstić information content (AvgIpc) is 1.94. The largest absolute Gasteiger partial charge is 0.470 e.